The number of nitrogens with zero attached hydrogens (tertiary/aromatic N) is 4. The Hall–Kier alpha value is -1.44. The van der Waals surface area contributed by atoms with E-state index in [-0.39, 0.29) is 0 Å². The summed E-state index contributed by atoms with van der Waals surface area (Å²) in [6.45, 7) is 4.92. The molecule has 1 aliphatic heterocycles. The molecule has 0 radical (unpaired) electrons. The Kier molecular flexibility index (Phi) is 4.52. The van der Waals surface area contributed by atoms with Gasteiger partial charge in [0.15, 0.2) is 3.95 Å². The van der Waals surface area contributed by atoms with Gasteiger partial charge in [-0.15, -0.1) is 5.10 Å². The van der Waals surface area contributed by atoms with Gasteiger partial charge < -0.3 is 10.2 Å². The number of aromatic nitrogens is 2. The maximum atomic E-state index is 5.35. The molecule has 5 nitrogen and oxygen atoms in total. The highest BCUT2D eigenvalue weighted by atomic mass is 32.1. The lowest BCUT2D eigenvalue weighted by Crippen LogP contribution is -2.46. The molecule has 7 heteroatoms. The number of benzene rings is 1. The molecule has 1 saturated heterocycles. The van der Waals surface area contributed by atoms with E-state index in [1.165, 1.54) is 17.0 Å². The van der Waals surface area contributed by atoms with Crippen LogP contribution >= 0.6 is 23.6 Å². The molecule has 0 unspecified atom stereocenters. The molecule has 3 rings (SSSR count). The average Bonchev–Trinajstić information content (AvgIpc) is 2.89. The molecule has 0 saturated carbocycles. The van der Waals surface area contributed by atoms with E-state index in [4.69, 9.17) is 12.2 Å². The van der Waals surface area contributed by atoms with Crippen LogP contribution in [0.2, 0.25) is 0 Å². The van der Waals surface area contributed by atoms with Crippen molar-refractivity contribution in [2.75, 3.05) is 43.4 Å². The molecule has 1 aliphatic rings. The van der Waals surface area contributed by atoms with Crippen molar-refractivity contribution >= 4 is 34.4 Å². The minimum absolute atomic E-state index is 0.777. The number of para-hydroxylation sites is 1. The molecule has 2 heterocycles. The van der Waals surface area contributed by atoms with Crippen LogP contribution in [0.4, 0.5) is 10.8 Å². The van der Waals surface area contributed by atoms with Gasteiger partial charge in [-0.05, 0) is 24.4 Å². The monoisotopic (exact) mass is 321 g/mol. The second kappa shape index (κ2) is 6.55. The van der Waals surface area contributed by atoms with Crippen LogP contribution in [0.5, 0.6) is 0 Å². The molecule has 0 atom stereocenters. The van der Waals surface area contributed by atoms with Crippen LogP contribution in [0.15, 0.2) is 30.3 Å². The number of nitrogens with one attached hydrogen (secondary N) is 1. The summed E-state index contributed by atoms with van der Waals surface area (Å²) in [6.07, 6.45) is 0. The Balaban J connectivity index is 1.58. The van der Waals surface area contributed by atoms with Crippen LogP contribution in [0.3, 0.4) is 0 Å². The van der Waals surface area contributed by atoms with Crippen molar-refractivity contribution in [1.29, 1.82) is 0 Å². The van der Waals surface area contributed by atoms with Crippen molar-refractivity contribution in [1.82, 2.24) is 14.7 Å². The number of rotatable bonds is 4. The minimum Gasteiger partial charge on any atom is -0.369 e. The van der Waals surface area contributed by atoms with E-state index < -0.39 is 0 Å². The largest absolute Gasteiger partial charge is 0.369 e. The first-order valence-corrected chi connectivity index (χ1v) is 8.27. The lowest BCUT2D eigenvalue weighted by molar-refractivity contribution is 0.195. The van der Waals surface area contributed by atoms with E-state index >= 15 is 0 Å². The summed E-state index contributed by atoms with van der Waals surface area (Å²) in [5.41, 5.74) is 1.31. The zero-order valence-electron chi connectivity index (χ0n) is 12.0. The Labute approximate surface area is 133 Å². The molecule has 0 spiro atoms. The van der Waals surface area contributed by atoms with Gasteiger partial charge in [0.2, 0.25) is 5.13 Å². The normalized spacial score (nSPS) is 16.1. The molecule has 1 aromatic heterocycles. The van der Waals surface area contributed by atoms with Crippen LogP contribution in [-0.2, 0) is 6.67 Å². The lowest BCUT2D eigenvalue weighted by Gasteiger charge is -2.35. The molecule has 1 N–H and O–H groups in total. The zero-order valence-corrected chi connectivity index (χ0v) is 13.7. The first-order valence-electron chi connectivity index (χ1n) is 7.04. The van der Waals surface area contributed by atoms with Crippen molar-refractivity contribution < 1.29 is 0 Å². The molecule has 0 bridgehead atoms. The molecule has 2 aromatic rings. The number of piperazine rings is 1. The SMILES string of the molecule is CNc1nn(CN2CCN(c3ccccc3)CC2)c(=S)s1. The van der Waals surface area contributed by atoms with E-state index in [1.807, 2.05) is 11.7 Å². The van der Waals surface area contributed by atoms with Gasteiger partial charge in [-0.25, -0.2) is 4.68 Å². The van der Waals surface area contributed by atoms with Crippen molar-refractivity contribution in [3.05, 3.63) is 34.3 Å². The minimum atomic E-state index is 0.777. The Morgan fingerprint density at radius 2 is 1.90 bits per heavy atom. The maximum absolute atomic E-state index is 5.35. The van der Waals surface area contributed by atoms with Crippen molar-refractivity contribution in [2.45, 2.75) is 6.67 Å². The smallest absolute Gasteiger partial charge is 0.204 e. The van der Waals surface area contributed by atoms with E-state index in [9.17, 15) is 0 Å². The third-order valence-electron chi connectivity index (χ3n) is 3.65. The van der Waals surface area contributed by atoms with Crippen LogP contribution in [-0.4, -0.2) is 47.9 Å². The quantitative estimate of drug-likeness (QED) is 0.876. The fourth-order valence-corrected chi connectivity index (χ4v) is 3.42. The average molecular weight is 321 g/mol. The second-order valence-electron chi connectivity index (χ2n) is 5.00. The van der Waals surface area contributed by atoms with Gasteiger partial charge in [-0.2, -0.15) is 0 Å². The zero-order chi connectivity index (χ0) is 14.7. The predicted octanol–water partition coefficient (Wildman–Crippen LogP) is 2.50. The third-order valence-corrected chi connectivity index (χ3v) is 4.97. The molecule has 0 amide bonds. The Bertz CT molecular complexity index is 628. The molecule has 1 aromatic carbocycles. The summed E-state index contributed by atoms with van der Waals surface area (Å²) in [5.74, 6) is 0. The van der Waals surface area contributed by atoms with E-state index in [0.717, 1.165) is 41.9 Å². The van der Waals surface area contributed by atoms with E-state index in [2.05, 4.69) is 50.5 Å². The summed E-state index contributed by atoms with van der Waals surface area (Å²) in [7, 11) is 1.87. The number of anilines is 2. The van der Waals surface area contributed by atoms with Gasteiger partial charge in [-0.3, -0.25) is 4.90 Å². The number of hydrogen-bond donors (Lipinski definition) is 1. The number of hydrogen-bond acceptors (Lipinski definition) is 6. The van der Waals surface area contributed by atoms with Crippen molar-refractivity contribution in [2.24, 2.45) is 0 Å². The Morgan fingerprint density at radius 1 is 1.19 bits per heavy atom. The van der Waals surface area contributed by atoms with Crippen LogP contribution < -0.4 is 10.2 Å². The van der Waals surface area contributed by atoms with E-state index in [1.54, 1.807) is 0 Å². The lowest BCUT2D eigenvalue weighted by atomic mass is 10.2. The summed E-state index contributed by atoms with van der Waals surface area (Å²) in [6, 6.07) is 10.6. The Morgan fingerprint density at radius 3 is 2.52 bits per heavy atom. The summed E-state index contributed by atoms with van der Waals surface area (Å²) < 4.78 is 2.73. The van der Waals surface area contributed by atoms with Gasteiger partial charge in [0.05, 0.1) is 6.67 Å². The molecule has 1 fully saturated rings. The maximum Gasteiger partial charge on any atom is 0.204 e. The van der Waals surface area contributed by atoms with Crippen molar-refractivity contribution in [3.63, 3.8) is 0 Å². The molecular weight excluding hydrogens is 302 g/mol. The summed E-state index contributed by atoms with van der Waals surface area (Å²) >= 11 is 6.87. The van der Waals surface area contributed by atoms with Gasteiger partial charge >= 0.3 is 0 Å². The topological polar surface area (TPSA) is 36.3 Å². The molecule has 0 aliphatic carbocycles. The highest BCUT2D eigenvalue weighted by Gasteiger charge is 2.18. The molecule has 21 heavy (non-hydrogen) atoms. The van der Waals surface area contributed by atoms with Gasteiger partial charge in [0.1, 0.15) is 0 Å². The summed E-state index contributed by atoms with van der Waals surface area (Å²) in [4.78, 5) is 4.82. The highest BCUT2D eigenvalue weighted by molar-refractivity contribution is 7.73. The van der Waals surface area contributed by atoms with Crippen LogP contribution in [0, 0.1) is 3.95 Å². The first kappa shape index (κ1) is 14.5. The van der Waals surface area contributed by atoms with Crippen LogP contribution in [0.25, 0.3) is 0 Å². The fraction of sp³-hybridized carbons (Fsp3) is 0.429. The van der Waals surface area contributed by atoms with Gasteiger partial charge in [0, 0.05) is 38.9 Å². The highest BCUT2D eigenvalue weighted by Crippen LogP contribution is 2.17. The molecule has 112 valence electrons. The second-order valence-corrected chi connectivity index (χ2v) is 6.63. The summed E-state index contributed by atoms with van der Waals surface area (Å²) in [5, 5.41) is 8.39. The predicted molar refractivity (Wildman–Crippen MR) is 90.7 cm³/mol. The molecular formula is C14H19N5S2. The van der Waals surface area contributed by atoms with Gasteiger partial charge in [-0.1, -0.05) is 29.5 Å². The van der Waals surface area contributed by atoms with E-state index in [0.29, 0.717) is 0 Å². The van der Waals surface area contributed by atoms with Crippen molar-refractivity contribution in [3.8, 4) is 0 Å². The third kappa shape index (κ3) is 3.42. The standard InChI is InChI=1S/C14H19N5S2/c1-15-13-16-19(14(20)21-13)11-17-7-9-18(10-8-17)12-5-3-2-4-6-12/h2-6H,7-11H2,1H3,(H,15,16). The van der Waals surface area contributed by atoms with Crippen LogP contribution in [0.1, 0.15) is 0 Å². The van der Waals surface area contributed by atoms with Gasteiger partial charge in [0.25, 0.3) is 0 Å². The fourth-order valence-electron chi connectivity index (χ4n) is 2.47. The first-order chi connectivity index (χ1) is 10.3.